The number of hydrogen-bond acceptors (Lipinski definition) is 8. The molecule has 1 atom stereocenters. The highest BCUT2D eigenvalue weighted by molar-refractivity contribution is 7.80. The Morgan fingerprint density at radius 3 is 0.961 bits per heavy atom. The van der Waals surface area contributed by atoms with Crippen molar-refractivity contribution >= 4 is 11.1 Å². The van der Waals surface area contributed by atoms with Crippen LogP contribution in [0.15, 0.2) is 205 Å². The summed E-state index contributed by atoms with van der Waals surface area (Å²) in [6.07, 6.45) is 1.14. The van der Waals surface area contributed by atoms with Crippen molar-refractivity contribution in [3.63, 3.8) is 0 Å². The fourth-order valence-electron chi connectivity index (χ4n) is 6.33. The van der Waals surface area contributed by atoms with E-state index in [1.54, 1.807) is 60.7 Å². The minimum absolute atomic E-state index is 0.140. The van der Waals surface area contributed by atoms with Crippen LogP contribution < -0.4 is 4.18 Å². The molecule has 9 aromatic carbocycles. The minimum Gasteiger partial charge on any atom is -0.508 e. The molecule has 0 aliphatic heterocycles. The number of aryl methyl sites for hydroxylation is 13. The Morgan fingerprint density at radius 2 is 0.649 bits per heavy atom. The Balaban J connectivity index is 0.000000306. The van der Waals surface area contributed by atoms with Crippen molar-refractivity contribution in [2.45, 2.75) is 101 Å². The highest BCUT2D eigenvalue weighted by Crippen LogP contribution is 2.20. The lowest BCUT2D eigenvalue weighted by Crippen LogP contribution is -2.00. The molecule has 0 fully saturated rings. The van der Waals surface area contributed by atoms with Crippen molar-refractivity contribution < 1.29 is 39.0 Å². The number of benzene rings is 9. The van der Waals surface area contributed by atoms with Gasteiger partial charge >= 0.3 is 0 Å². The maximum atomic E-state index is 11.8. The molecule has 9 rings (SSSR count). The molecular formula is C68H80O8S. The van der Waals surface area contributed by atoms with Crippen LogP contribution in [0.3, 0.4) is 0 Å². The van der Waals surface area contributed by atoms with Gasteiger partial charge in [0.1, 0.15) is 40.2 Å². The van der Waals surface area contributed by atoms with Gasteiger partial charge in [0.2, 0.25) is 11.1 Å². The summed E-state index contributed by atoms with van der Waals surface area (Å²) in [5.74, 6) is 2.54. The Bertz CT molecular complexity index is 2880. The average Bonchev–Trinajstić information content (AvgIpc) is 3.40. The molecule has 0 saturated carbocycles. The van der Waals surface area contributed by atoms with Crippen molar-refractivity contribution in [2.24, 2.45) is 0 Å². The molecule has 0 aromatic heterocycles. The lowest BCUT2D eigenvalue weighted by molar-refractivity contribution is 0.470. The fourth-order valence-corrected chi connectivity index (χ4v) is 7.07. The third-order valence-electron chi connectivity index (χ3n) is 11.1. The van der Waals surface area contributed by atoms with Crippen LogP contribution in [0.4, 0.5) is 0 Å². The van der Waals surface area contributed by atoms with Crippen molar-refractivity contribution in [1.82, 2.24) is 0 Å². The molecule has 8 nitrogen and oxygen atoms in total. The zero-order chi connectivity index (χ0) is 57.5. The molecule has 0 bridgehead atoms. The maximum absolute atomic E-state index is 11.8. The van der Waals surface area contributed by atoms with E-state index in [9.17, 15) is 4.21 Å². The van der Waals surface area contributed by atoms with E-state index in [2.05, 4.69) is 57.2 Å². The smallest absolute Gasteiger partial charge is 0.240 e. The third-order valence-corrected chi connectivity index (χ3v) is 12.1. The number of aromatic hydroxyl groups is 6. The molecule has 0 saturated heterocycles. The molecule has 0 amide bonds. The van der Waals surface area contributed by atoms with E-state index in [0.29, 0.717) is 39.4 Å². The average molecular weight is 1060 g/mol. The molecule has 0 aliphatic rings. The second kappa shape index (κ2) is 35.1. The van der Waals surface area contributed by atoms with Crippen LogP contribution in [0.2, 0.25) is 0 Å². The van der Waals surface area contributed by atoms with Gasteiger partial charge in [-0.1, -0.05) is 173 Å². The predicted octanol–water partition coefficient (Wildman–Crippen LogP) is 17.1. The van der Waals surface area contributed by atoms with Gasteiger partial charge in [-0.15, -0.1) is 0 Å². The molecule has 406 valence electrons. The standard InChI is InChI=1S/C13H12O3S.C9H12.4C8H10O.C7H8O.C7H8/c1-10-2-6-12(7-3-10)16-17(15)13-8-4-11(14)5-9-13;1-3-9-6-4-8(2)5-7-9;3*1-6-3-4-8(9)7(2)5-6;1-6-3-4-7(2)8(9)5-6;1-6-2-4-7(8)5-3-6;1-7-5-3-2-4-6-7/h2-9,14H,1H3;4-7H,3H2,1-2H3;4*3-5,9H,1-2H3;2-5,8H,1H3;2-6H,1H3. The Labute approximate surface area is 462 Å². The largest absolute Gasteiger partial charge is 0.508 e. The summed E-state index contributed by atoms with van der Waals surface area (Å²) in [4.78, 5) is 0.517. The van der Waals surface area contributed by atoms with Gasteiger partial charge in [-0.3, -0.25) is 0 Å². The van der Waals surface area contributed by atoms with E-state index in [-0.39, 0.29) is 5.75 Å². The molecule has 9 heteroatoms. The highest BCUT2D eigenvalue weighted by atomic mass is 32.2. The molecule has 0 radical (unpaired) electrons. The molecule has 0 heterocycles. The second-order valence-electron chi connectivity index (χ2n) is 18.6. The Hall–Kier alpha value is -8.27. The van der Waals surface area contributed by atoms with Gasteiger partial charge in [0, 0.05) is 0 Å². The Kier molecular flexibility index (Phi) is 29.5. The first-order valence-corrected chi connectivity index (χ1v) is 26.4. The van der Waals surface area contributed by atoms with Gasteiger partial charge in [0.25, 0.3) is 0 Å². The SMILES string of the molecule is CCc1ccc(C)cc1.Cc1ccc(C)c(O)c1.Cc1ccc(O)c(C)c1.Cc1ccc(O)c(C)c1.Cc1ccc(O)c(C)c1.Cc1ccc(O)cc1.Cc1ccc(OS(=O)c2ccc(O)cc2)cc1.Cc1ccccc1. The van der Waals surface area contributed by atoms with Gasteiger partial charge in [-0.25, -0.2) is 4.21 Å². The Morgan fingerprint density at radius 1 is 0.325 bits per heavy atom. The van der Waals surface area contributed by atoms with Gasteiger partial charge in [-0.05, 0) is 196 Å². The van der Waals surface area contributed by atoms with E-state index >= 15 is 0 Å². The number of hydrogen-bond donors (Lipinski definition) is 6. The van der Waals surface area contributed by atoms with Crippen LogP contribution in [-0.4, -0.2) is 34.8 Å². The molecule has 77 heavy (non-hydrogen) atoms. The van der Waals surface area contributed by atoms with E-state index in [1.165, 1.54) is 51.1 Å². The highest BCUT2D eigenvalue weighted by Gasteiger charge is 2.06. The molecular weight excluding hydrogens is 977 g/mol. The first kappa shape index (κ1) is 64.8. The van der Waals surface area contributed by atoms with Gasteiger partial charge in [0.15, 0.2) is 0 Å². The van der Waals surface area contributed by atoms with Crippen LogP contribution >= 0.6 is 0 Å². The van der Waals surface area contributed by atoms with Crippen LogP contribution in [-0.2, 0) is 17.5 Å². The van der Waals surface area contributed by atoms with E-state index in [4.69, 9.17) is 34.8 Å². The minimum atomic E-state index is -1.56. The third kappa shape index (κ3) is 28.3. The first-order chi connectivity index (χ1) is 36.4. The summed E-state index contributed by atoms with van der Waals surface area (Å²) in [5.41, 5.74) is 14.8. The van der Waals surface area contributed by atoms with Gasteiger partial charge < -0.3 is 34.8 Å². The fraction of sp³-hybridized carbons (Fsp3) is 0.206. The van der Waals surface area contributed by atoms with Crippen LogP contribution in [0.1, 0.15) is 79.2 Å². The van der Waals surface area contributed by atoms with Crippen molar-refractivity contribution in [3.05, 3.63) is 273 Å². The zero-order valence-corrected chi connectivity index (χ0v) is 48.0. The normalized spacial score (nSPS) is 9.99. The lowest BCUT2D eigenvalue weighted by atomic mass is 10.1. The zero-order valence-electron chi connectivity index (χ0n) is 47.2. The van der Waals surface area contributed by atoms with E-state index in [0.717, 1.165) is 39.8 Å². The molecule has 9 aromatic rings. The van der Waals surface area contributed by atoms with Crippen molar-refractivity contribution in [1.29, 1.82) is 0 Å². The summed E-state index contributed by atoms with van der Waals surface area (Å²) in [6, 6.07) is 61.8. The van der Waals surface area contributed by atoms with Crippen LogP contribution in [0.5, 0.6) is 40.2 Å². The molecule has 0 aliphatic carbocycles. The number of rotatable bonds is 4. The van der Waals surface area contributed by atoms with Gasteiger partial charge in [-0.2, -0.15) is 0 Å². The van der Waals surface area contributed by atoms with Crippen LogP contribution in [0, 0.1) is 83.1 Å². The molecule has 6 N–H and O–H groups in total. The van der Waals surface area contributed by atoms with E-state index < -0.39 is 11.1 Å². The topological polar surface area (TPSA) is 148 Å². The van der Waals surface area contributed by atoms with Crippen molar-refractivity contribution in [3.8, 4) is 40.2 Å². The first-order valence-electron chi connectivity index (χ1n) is 25.3. The maximum Gasteiger partial charge on any atom is 0.240 e. The summed E-state index contributed by atoms with van der Waals surface area (Å²) < 4.78 is 17.1. The quantitative estimate of drug-likeness (QED) is 0.102. The summed E-state index contributed by atoms with van der Waals surface area (Å²) in [6.45, 7) is 25.9. The van der Waals surface area contributed by atoms with Crippen molar-refractivity contribution in [2.75, 3.05) is 0 Å². The molecule has 0 spiro atoms. The van der Waals surface area contributed by atoms with E-state index in [1.807, 2.05) is 160 Å². The summed E-state index contributed by atoms with van der Waals surface area (Å²) >= 11 is -1.56. The van der Waals surface area contributed by atoms with Crippen LogP contribution in [0.25, 0.3) is 0 Å². The monoisotopic (exact) mass is 1060 g/mol. The van der Waals surface area contributed by atoms with Gasteiger partial charge in [0.05, 0.1) is 4.90 Å². The second-order valence-corrected chi connectivity index (χ2v) is 19.7. The number of phenols is 6. The number of phenolic OH excluding ortho intramolecular Hbond substituents is 6. The molecule has 1 unspecified atom stereocenters. The summed E-state index contributed by atoms with van der Waals surface area (Å²) in [5, 5.41) is 54.1. The predicted molar refractivity (Wildman–Crippen MR) is 321 cm³/mol. The lowest BCUT2D eigenvalue weighted by Gasteiger charge is -2.05. The summed E-state index contributed by atoms with van der Waals surface area (Å²) in [7, 11) is 0.